The van der Waals surface area contributed by atoms with Crippen molar-refractivity contribution in [2.75, 3.05) is 19.7 Å². The summed E-state index contributed by atoms with van der Waals surface area (Å²) in [5.41, 5.74) is 1.33. The highest BCUT2D eigenvalue weighted by molar-refractivity contribution is 5.96. The van der Waals surface area contributed by atoms with Crippen LogP contribution in [-0.2, 0) is 0 Å². The Balaban J connectivity index is 2.27. The van der Waals surface area contributed by atoms with E-state index in [0.717, 1.165) is 25.9 Å². The molecule has 88 valence electrons. The number of benzene rings is 1. The molecular formula is C14H15NO2. The molecule has 2 rings (SSSR count). The van der Waals surface area contributed by atoms with Gasteiger partial charge in [0.15, 0.2) is 0 Å². The number of hydrogen-bond donors (Lipinski definition) is 1. The summed E-state index contributed by atoms with van der Waals surface area (Å²) < 4.78 is 0. The van der Waals surface area contributed by atoms with Crippen molar-refractivity contribution in [2.45, 2.75) is 12.8 Å². The fraction of sp³-hybridized carbons (Fsp3) is 0.357. The molecule has 0 aromatic heterocycles. The number of aliphatic hydroxyl groups is 1. The first-order chi connectivity index (χ1) is 8.33. The molecule has 3 heteroatoms. The van der Waals surface area contributed by atoms with Crippen molar-refractivity contribution >= 4 is 5.91 Å². The Morgan fingerprint density at radius 2 is 2.00 bits per heavy atom. The lowest BCUT2D eigenvalue weighted by Crippen LogP contribution is -2.28. The highest BCUT2D eigenvalue weighted by Crippen LogP contribution is 2.15. The largest absolute Gasteiger partial charge is 0.384 e. The minimum absolute atomic E-state index is 0.0466. The van der Waals surface area contributed by atoms with Gasteiger partial charge >= 0.3 is 0 Å². The molecule has 1 aliphatic heterocycles. The van der Waals surface area contributed by atoms with Crippen LogP contribution in [0.15, 0.2) is 24.3 Å². The lowest BCUT2D eigenvalue weighted by molar-refractivity contribution is 0.0792. The molecule has 0 atom stereocenters. The molecule has 3 nitrogen and oxygen atoms in total. The minimum Gasteiger partial charge on any atom is -0.384 e. The SMILES string of the molecule is O=C(c1ccccc1C#CCO)N1CCCC1. The van der Waals surface area contributed by atoms with Gasteiger partial charge in [-0.05, 0) is 25.0 Å². The van der Waals surface area contributed by atoms with Gasteiger partial charge < -0.3 is 10.0 Å². The summed E-state index contributed by atoms with van der Waals surface area (Å²) in [5.74, 6) is 5.45. The molecule has 1 aromatic rings. The van der Waals surface area contributed by atoms with Crippen LogP contribution in [0.25, 0.3) is 0 Å². The van der Waals surface area contributed by atoms with E-state index in [-0.39, 0.29) is 12.5 Å². The van der Waals surface area contributed by atoms with Crippen LogP contribution >= 0.6 is 0 Å². The Morgan fingerprint density at radius 3 is 2.71 bits per heavy atom. The van der Waals surface area contributed by atoms with Crippen LogP contribution in [0.2, 0.25) is 0 Å². The molecule has 1 saturated heterocycles. The predicted molar refractivity (Wildman–Crippen MR) is 65.5 cm³/mol. The maximum Gasteiger partial charge on any atom is 0.255 e. The highest BCUT2D eigenvalue weighted by atomic mass is 16.2. The number of rotatable bonds is 1. The van der Waals surface area contributed by atoms with Crippen LogP contribution in [0.4, 0.5) is 0 Å². The lowest BCUT2D eigenvalue weighted by atomic mass is 10.1. The second-order valence-electron chi connectivity index (χ2n) is 4.00. The van der Waals surface area contributed by atoms with Crippen LogP contribution in [0, 0.1) is 11.8 Å². The Bertz CT molecular complexity index is 465. The summed E-state index contributed by atoms with van der Waals surface area (Å²) in [5, 5.41) is 8.70. The van der Waals surface area contributed by atoms with Crippen molar-refractivity contribution in [1.29, 1.82) is 0 Å². The zero-order valence-corrected chi connectivity index (χ0v) is 9.65. The highest BCUT2D eigenvalue weighted by Gasteiger charge is 2.20. The second kappa shape index (κ2) is 5.51. The van der Waals surface area contributed by atoms with E-state index >= 15 is 0 Å². The quantitative estimate of drug-likeness (QED) is 0.737. The number of nitrogens with zero attached hydrogens (tertiary/aromatic N) is 1. The van der Waals surface area contributed by atoms with Gasteiger partial charge in [0.05, 0.1) is 5.56 Å². The number of amides is 1. The van der Waals surface area contributed by atoms with Crippen molar-refractivity contribution in [3.05, 3.63) is 35.4 Å². The van der Waals surface area contributed by atoms with Gasteiger partial charge in [0, 0.05) is 18.7 Å². The summed E-state index contributed by atoms with van der Waals surface area (Å²) in [6.45, 7) is 1.48. The van der Waals surface area contributed by atoms with Gasteiger partial charge in [-0.15, -0.1) is 0 Å². The Kier molecular flexibility index (Phi) is 3.79. The summed E-state index contributed by atoms with van der Waals surface area (Å²) in [6, 6.07) is 7.30. The Morgan fingerprint density at radius 1 is 1.29 bits per heavy atom. The van der Waals surface area contributed by atoms with E-state index in [1.807, 2.05) is 23.1 Å². The summed E-state index contributed by atoms with van der Waals surface area (Å²) in [6.07, 6.45) is 2.16. The van der Waals surface area contributed by atoms with E-state index in [0.29, 0.717) is 11.1 Å². The lowest BCUT2D eigenvalue weighted by Gasteiger charge is -2.16. The maximum absolute atomic E-state index is 12.2. The smallest absolute Gasteiger partial charge is 0.255 e. The first-order valence-corrected chi connectivity index (χ1v) is 5.81. The first-order valence-electron chi connectivity index (χ1n) is 5.81. The van der Waals surface area contributed by atoms with E-state index in [1.54, 1.807) is 6.07 Å². The molecule has 1 aromatic carbocycles. The van der Waals surface area contributed by atoms with Crippen LogP contribution in [-0.4, -0.2) is 35.6 Å². The predicted octanol–water partition coefficient (Wildman–Crippen LogP) is 1.27. The average Bonchev–Trinajstić information content (AvgIpc) is 2.89. The van der Waals surface area contributed by atoms with Gasteiger partial charge in [0.2, 0.25) is 0 Å². The third kappa shape index (κ3) is 2.66. The molecule has 0 saturated carbocycles. The molecule has 0 bridgehead atoms. The number of hydrogen-bond acceptors (Lipinski definition) is 2. The van der Waals surface area contributed by atoms with Crippen LogP contribution in [0.3, 0.4) is 0 Å². The molecule has 0 spiro atoms. The third-order valence-electron chi connectivity index (χ3n) is 2.85. The maximum atomic E-state index is 12.2. The summed E-state index contributed by atoms with van der Waals surface area (Å²) >= 11 is 0. The average molecular weight is 229 g/mol. The van der Waals surface area contributed by atoms with Gasteiger partial charge in [-0.25, -0.2) is 0 Å². The number of aliphatic hydroxyl groups excluding tert-OH is 1. The van der Waals surface area contributed by atoms with Gasteiger partial charge in [-0.2, -0.15) is 0 Å². The van der Waals surface area contributed by atoms with Gasteiger partial charge in [0.25, 0.3) is 5.91 Å². The van der Waals surface area contributed by atoms with Gasteiger partial charge in [0.1, 0.15) is 6.61 Å². The van der Waals surface area contributed by atoms with Gasteiger partial charge in [-0.3, -0.25) is 4.79 Å². The van der Waals surface area contributed by atoms with Crippen molar-refractivity contribution < 1.29 is 9.90 Å². The third-order valence-corrected chi connectivity index (χ3v) is 2.85. The van der Waals surface area contributed by atoms with E-state index in [4.69, 9.17) is 5.11 Å². The number of likely N-dealkylation sites (tertiary alicyclic amines) is 1. The van der Waals surface area contributed by atoms with Crippen LogP contribution in [0.5, 0.6) is 0 Å². The first kappa shape index (κ1) is 11.7. The number of carbonyl (C=O) groups is 1. The fourth-order valence-corrected chi connectivity index (χ4v) is 2.00. The van der Waals surface area contributed by atoms with Crippen molar-refractivity contribution in [2.24, 2.45) is 0 Å². The number of carbonyl (C=O) groups excluding carboxylic acids is 1. The molecular weight excluding hydrogens is 214 g/mol. The zero-order chi connectivity index (χ0) is 12.1. The fourth-order valence-electron chi connectivity index (χ4n) is 2.00. The summed E-state index contributed by atoms with van der Waals surface area (Å²) in [7, 11) is 0. The molecule has 1 amide bonds. The normalized spacial score (nSPS) is 14.3. The Labute approximate surface area is 101 Å². The minimum atomic E-state index is -0.188. The molecule has 1 heterocycles. The molecule has 17 heavy (non-hydrogen) atoms. The van der Waals surface area contributed by atoms with E-state index in [1.165, 1.54) is 0 Å². The van der Waals surface area contributed by atoms with Crippen molar-refractivity contribution in [3.63, 3.8) is 0 Å². The molecule has 0 unspecified atom stereocenters. The Hall–Kier alpha value is -1.79. The van der Waals surface area contributed by atoms with Gasteiger partial charge in [-0.1, -0.05) is 24.0 Å². The topological polar surface area (TPSA) is 40.5 Å². The van der Waals surface area contributed by atoms with E-state index in [9.17, 15) is 4.79 Å². The second-order valence-corrected chi connectivity index (χ2v) is 4.00. The van der Waals surface area contributed by atoms with Crippen molar-refractivity contribution in [3.8, 4) is 11.8 Å². The molecule has 1 aliphatic rings. The molecule has 0 aliphatic carbocycles. The molecule has 1 fully saturated rings. The molecule has 0 radical (unpaired) electrons. The van der Waals surface area contributed by atoms with Crippen LogP contribution < -0.4 is 0 Å². The van der Waals surface area contributed by atoms with Crippen molar-refractivity contribution in [1.82, 2.24) is 4.90 Å². The van der Waals surface area contributed by atoms with E-state index < -0.39 is 0 Å². The zero-order valence-electron chi connectivity index (χ0n) is 9.65. The van der Waals surface area contributed by atoms with Crippen LogP contribution in [0.1, 0.15) is 28.8 Å². The molecule has 1 N–H and O–H groups in total. The summed E-state index contributed by atoms with van der Waals surface area (Å²) in [4.78, 5) is 14.1. The monoisotopic (exact) mass is 229 g/mol. The van der Waals surface area contributed by atoms with E-state index in [2.05, 4.69) is 11.8 Å². The standard InChI is InChI=1S/C14H15NO2/c16-11-5-7-12-6-1-2-8-13(12)14(17)15-9-3-4-10-15/h1-2,6,8,16H,3-4,9-11H2.